The van der Waals surface area contributed by atoms with Crippen molar-refractivity contribution in [3.05, 3.63) is 24.3 Å². The van der Waals surface area contributed by atoms with E-state index in [1.807, 2.05) is 0 Å². The second-order valence-corrected chi connectivity index (χ2v) is 7.44. The summed E-state index contributed by atoms with van der Waals surface area (Å²) in [6, 6.07) is 6.40. The summed E-state index contributed by atoms with van der Waals surface area (Å²) in [4.78, 5) is 14.4. The maximum atomic E-state index is 12.0. The Bertz CT molecular complexity index is 655. The zero-order chi connectivity index (χ0) is 15.7. The molecule has 22 heavy (non-hydrogen) atoms. The summed E-state index contributed by atoms with van der Waals surface area (Å²) in [5, 5.41) is 10.7. The van der Waals surface area contributed by atoms with Crippen LogP contribution in [0.3, 0.4) is 0 Å². The number of primary sulfonamides is 1. The number of hydrogen-bond donors (Lipinski definition) is 3. The maximum Gasteiger partial charge on any atom is 0.319 e. The fourth-order valence-electron chi connectivity index (χ4n) is 2.76. The molecule has 3 rings (SSSR count). The zero-order valence-corrected chi connectivity index (χ0v) is 13.0. The van der Waals surface area contributed by atoms with Crippen LogP contribution < -0.4 is 15.8 Å². The molecule has 0 bridgehead atoms. The highest BCUT2D eigenvalue weighted by Gasteiger charge is 2.34. The van der Waals surface area contributed by atoms with Crippen LogP contribution in [0.4, 0.5) is 10.5 Å². The quantitative estimate of drug-likeness (QED) is 0.758. The van der Waals surface area contributed by atoms with Crippen LogP contribution >= 0.6 is 0 Å². The minimum absolute atomic E-state index is 0.0225. The SMILES string of the molecule is NS(=O)(=O)c1ccc(NC(=O)N[C@@H]2CCN(C3CC3)C2)cc1. The monoisotopic (exact) mass is 324 g/mol. The molecule has 0 radical (unpaired) electrons. The molecule has 2 fully saturated rings. The molecule has 2 aliphatic rings. The molecular weight excluding hydrogens is 304 g/mol. The third-order valence-corrected chi connectivity index (χ3v) is 4.99. The van der Waals surface area contributed by atoms with Gasteiger partial charge < -0.3 is 10.6 Å². The van der Waals surface area contributed by atoms with Crippen LogP contribution in [0, 0.1) is 0 Å². The van der Waals surface area contributed by atoms with Crippen molar-refractivity contribution >= 4 is 21.7 Å². The van der Waals surface area contributed by atoms with Crippen molar-refractivity contribution < 1.29 is 13.2 Å². The van der Waals surface area contributed by atoms with Gasteiger partial charge in [0.25, 0.3) is 0 Å². The van der Waals surface area contributed by atoms with E-state index in [1.165, 1.54) is 37.1 Å². The second-order valence-electron chi connectivity index (χ2n) is 5.88. The van der Waals surface area contributed by atoms with Crippen LogP contribution in [-0.4, -0.2) is 44.5 Å². The van der Waals surface area contributed by atoms with E-state index in [2.05, 4.69) is 15.5 Å². The van der Waals surface area contributed by atoms with Gasteiger partial charge in [0.15, 0.2) is 0 Å². The summed E-state index contributed by atoms with van der Waals surface area (Å²) in [5.74, 6) is 0. The Morgan fingerprint density at radius 1 is 1.18 bits per heavy atom. The summed E-state index contributed by atoms with van der Waals surface area (Å²) >= 11 is 0. The number of nitrogens with zero attached hydrogens (tertiary/aromatic N) is 1. The molecule has 1 aliphatic heterocycles. The number of rotatable bonds is 4. The molecule has 0 unspecified atom stereocenters. The molecule has 8 heteroatoms. The molecule has 1 saturated carbocycles. The van der Waals surface area contributed by atoms with E-state index in [-0.39, 0.29) is 17.0 Å². The van der Waals surface area contributed by atoms with Crippen LogP contribution in [0.5, 0.6) is 0 Å². The average Bonchev–Trinajstić information content (AvgIpc) is 3.19. The first-order chi connectivity index (χ1) is 10.4. The normalized spacial score (nSPS) is 22.5. The molecule has 0 spiro atoms. The lowest BCUT2D eigenvalue weighted by Gasteiger charge is -2.16. The van der Waals surface area contributed by atoms with Crippen LogP contribution in [-0.2, 0) is 10.0 Å². The van der Waals surface area contributed by atoms with Crippen molar-refractivity contribution in [2.24, 2.45) is 5.14 Å². The first-order valence-corrected chi connectivity index (χ1v) is 8.91. The Hall–Kier alpha value is -1.64. The zero-order valence-electron chi connectivity index (χ0n) is 12.2. The molecule has 1 aliphatic carbocycles. The van der Waals surface area contributed by atoms with Crippen LogP contribution in [0.1, 0.15) is 19.3 Å². The molecule has 0 aromatic heterocycles. The number of carbonyl (C=O) groups is 1. The van der Waals surface area contributed by atoms with Gasteiger partial charge in [-0.3, -0.25) is 4.90 Å². The first-order valence-electron chi connectivity index (χ1n) is 7.36. The third kappa shape index (κ3) is 3.76. The predicted octanol–water partition coefficient (Wildman–Crippen LogP) is 0.692. The largest absolute Gasteiger partial charge is 0.334 e. The van der Waals surface area contributed by atoms with E-state index >= 15 is 0 Å². The smallest absolute Gasteiger partial charge is 0.319 e. The van der Waals surface area contributed by atoms with E-state index < -0.39 is 10.0 Å². The fraction of sp³-hybridized carbons (Fsp3) is 0.500. The van der Waals surface area contributed by atoms with Crippen LogP contribution in [0.2, 0.25) is 0 Å². The highest BCUT2D eigenvalue weighted by molar-refractivity contribution is 7.89. The third-order valence-electron chi connectivity index (χ3n) is 4.06. The number of amides is 2. The molecule has 1 saturated heterocycles. The molecule has 1 aromatic rings. The molecular formula is C14H20N4O3S. The topological polar surface area (TPSA) is 105 Å². The van der Waals surface area contributed by atoms with Gasteiger partial charge in [0.1, 0.15) is 0 Å². The van der Waals surface area contributed by atoms with Crippen LogP contribution in [0.15, 0.2) is 29.2 Å². The van der Waals surface area contributed by atoms with Crippen molar-refractivity contribution in [1.29, 1.82) is 0 Å². The van der Waals surface area contributed by atoms with Crippen molar-refractivity contribution in [2.45, 2.75) is 36.2 Å². The molecule has 1 aromatic carbocycles. The Labute approximate surface area is 129 Å². The van der Waals surface area contributed by atoms with Gasteiger partial charge in [-0.05, 0) is 43.5 Å². The maximum absolute atomic E-state index is 12.0. The van der Waals surface area contributed by atoms with E-state index in [0.717, 1.165) is 25.6 Å². The van der Waals surface area contributed by atoms with Gasteiger partial charge in [-0.1, -0.05) is 0 Å². The number of likely N-dealkylation sites (tertiary alicyclic amines) is 1. The standard InChI is InChI=1S/C14H20N4O3S/c15-22(20,21)13-5-1-10(2-6-13)16-14(19)17-11-7-8-18(9-11)12-3-4-12/h1-2,5-6,11-12H,3-4,7-9H2,(H2,15,20,21)(H2,16,17,19)/t11-/m1/s1. The lowest BCUT2D eigenvalue weighted by Crippen LogP contribution is -2.40. The Morgan fingerprint density at radius 2 is 1.86 bits per heavy atom. The van der Waals surface area contributed by atoms with Crippen molar-refractivity contribution in [1.82, 2.24) is 10.2 Å². The summed E-state index contributed by atoms with van der Waals surface area (Å²) in [6.07, 6.45) is 3.51. The Morgan fingerprint density at radius 3 is 2.45 bits per heavy atom. The first kappa shape index (κ1) is 15.3. The molecule has 4 N–H and O–H groups in total. The molecule has 7 nitrogen and oxygen atoms in total. The number of anilines is 1. The van der Waals surface area contributed by atoms with E-state index in [4.69, 9.17) is 5.14 Å². The van der Waals surface area contributed by atoms with Crippen LogP contribution in [0.25, 0.3) is 0 Å². The summed E-state index contributed by atoms with van der Waals surface area (Å²) in [7, 11) is -3.71. The highest BCUT2D eigenvalue weighted by atomic mass is 32.2. The molecule has 2 amide bonds. The minimum atomic E-state index is -3.71. The van der Waals surface area contributed by atoms with Gasteiger partial charge in [-0.25, -0.2) is 18.4 Å². The van der Waals surface area contributed by atoms with Gasteiger partial charge in [-0.2, -0.15) is 0 Å². The van der Waals surface area contributed by atoms with Crippen molar-refractivity contribution in [3.63, 3.8) is 0 Å². The fourth-order valence-corrected chi connectivity index (χ4v) is 3.27. The van der Waals surface area contributed by atoms with Gasteiger partial charge in [-0.15, -0.1) is 0 Å². The number of nitrogens with one attached hydrogen (secondary N) is 2. The number of carbonyl (C=O) groups excluding carboxylic acids is 1. The van der Waals surface area contributed by atoms with E-state index in [9.17, 15) is 13.2 Å². The number of sulfonamides is 1. The highest BCUT2D eigenvalue weighted by Crippen LogP contribution is 2.29. The molecule has 1 atom stereocenters. The Kier molecular flexibility index (Phi) is 4.07. The number of hydrogen-bond acceptors (Lipinski definition) is 4. The number of urea groups is 1. The van der Waals surface area contributed by atoms with Crippen molar-refractivity contribution in [2.75, 3.05) is 18.4 Å². The van der Waals surface area contributed by atoms with Gasteiger partial charge >= 0.3 is 6.03 Å². The van der Waals surface area contributed by atoms with Gasteiger partial charge in [0.05, 0.1) is 4.90 Å². The molecule has 1 heterocycles. The summed E-state index contributed by atoms with van der Waals surface area (Å²) in [5.41, 5.74) is 0.530. The minimum Gasteiger partial charge on any atom is -0.334 e. The van der Waals surface area contributed by atoms with Gasteiger partial charge in [0, 0.05) is 30.9 Å². The van der Waals surface area contributed by atoms with Gasteiger partial charge in [0.2, 0.25) is 10.0 Å². The van der Waals surface area contributed by atoms with E-state index in [0.29, 0.717) is 5.69 Å². The summed E-state index contributed by atoms with van der Waals surface area (Å²) in [6.45, 7) is 1.95. The number of nitrogens with two attached hydrogens (primary N) is 1. The van der Waals surface area contributed by atoms with Crippen molar-refractivity contribution in [3.8, 4) is 0 Å². The lowest BCUT2D eigenvalue weighted by molar-refractivity contribution is 0.247. The Balaban J connectivity index is 1.51. The second kappa shape index (κ2) is 5.86. The van der Waals surface area contributed by atoms with E-state index in [1.54, 1.807) is 0 Å². The summed E-state index contributed by atoms with van der Waals surface area (Å²) < 4.78 is 22.3. The predicted molar refractivity (Wildman–Crippen MR) is 83.0 cm³/mol. The average molecular weight is 324 g/mol. The number of benzene rings is 1. The lowest BCUT2D eigenvalue weighted by atomic mass is 10.3. The molecule has 120 valence electrons.